The molecule has 0 aromatic rings. The molecule has 0 aliphatic carbocycles. The van der Waals surface area contributed by atoms with Crippen molar-refractivity contribution >= 4 is 5.97 Å². The Labute approximate surface area is 98.2 Å². The lowest BCUT2D eigenvalue weighted by Crippen LogP contribution is -2.58. The average Bonchev–Trinajstić information content (AvgIpc) is 2.10. The number of rotatable bonds is 2. The second-order valence-corrected chi connectivity index (χ2v) is 6.01. The van der Waals surface area contributed by atoms with Crippen LogP contribution in [0.3, 0.4) is 0 Å². The molecular weight excluding hydrogens is 202 g/mol. The maximum absolute atomic E-state index is 11.5. The van der Waals surface area contributed by atoms with E-state index in [0.717, 1.165) is 12.8 Å². The van der Waals surface area contributed by atoms with Gasteiger partial charge in [-0.3, -0.25) is 0 Å². The quantitative estimate of drug-likeness (QED) is 0.579. The first kappa shape index (κ1) is 13.2. The molecule has 3 nitrogen and oxygen atoms in total. The monoisotopic (exact) mass is 225 g/mol. The van der Waals surface area contributed by atoms with E-state index in [4.69, 9.17) is 4.74 Å². The van der Waals surface area contributed by atoms with Crippen LogP contribution < -0.4 is 5.32 Å². The summed E-state index contributed by atoms with van der Waals surface area (Å²) >= 11 is 0. The summed E-state index contributed by atoms with van der Waals surface area (Å²) in [7, 11) is 1.41. The molecule has 0 bridgehead atoms. The molecule has 1 fully saturated rings. The molecular formula is C13H23NO2. The number of ether oxygens (including phenoxy) is 1. The molecule has 0 aromatic heterocycles. The van der Waals surface area contributed by atoms with Crippen molar-refractivity contribution in [3.8, 4) is 0 Å². The van der Waals surface area contributed by atoms with Gasteiger partial charge in [0.1, 0.15) is 0 Å². The van der Waals surface area contributed by atoms with Gasteiger partial charge in [-0.15, -0.1) is 0 Å². The highest BCUT2D eigenvalue weighted by molar-refractivity contribution is 5.88. The summed E-state index contributed by atoms with van der Waals surface area (Å²) in [6.07, 6.45) is 1.84. The van der Waals surface area contributed by atoms with Crippen molar-refractivity contribution in [2.75, 3.05) is 7.11 Å². The highest BCUT2D eigenvalue weighted by atomic mass is 16.5. The number of hydrogen-bond acceptors (Lipinski definition) is 3. The smallest absolute Gasteiger partial charge is 0.333 e. The largest absolute Gasteiger partial charge is 0.466 e. The van der Waals surface area contributed by atoms with Gasteiger partial charge in [0, 0.05) is 16.7 Å². The molecule has 0 aromatic carbocycles. The van der Waals surface area contributed by atoms with Crippen LogP contribution in [0.25, 0.3) is 0 Å². The third kappa shape index (κ3) is 3.08. The van der Waals surface area contributed by atoms with Gasteiger partial charge in [-0.25, -0.2) is 4.79 Å². The standard InChI is InChI=1S/C13H23NO2/c1-9(11(15)16-6)10-7-12(2,3)14-13(4,5)8-10/h10,14H,1,7-8H2,2-6H3. The van der Waals surface area contributed by atoms with Crippen LogP contribution >= 0.6 is 0 Å². The minimum Gasteiger partial charge on any atom is -0.466 e. The van der Waals surface area contributed by atoms with Gasteiger partial charge >= 0.3 is 5.97 Å². The Morgan fingerprint density at radius 1 is 1.25 bits per heavy atom. The van der Waals surface area contributed by atoms with Gasteiger partial charge < -0.3 is 10.1 Å². The number of hydrogen-bond donors (Lipinski definition) is 1. The molecule has 1 saturated heterocycles. The summed E-state index contributed by atoms with van der Waals surface area (Å²) in [5, 5.41) is 3.58. The van der Waals surface area contributed by atoms with E-state index >= 15 is 0 Å². The molecule has 0 amide bonds. The molecule has 1 rings (SSSR count). The lowest BCUT2D eigenvalue weighted by molar-refractivity contribution is -0.137. The number of methoxy groups -OCH3 is 1. The SMILES string of the molecule is C=C(C(=O)OC)C1CC(C)(C)NC(C)(C)C1. The lowest BCUT2D eigenvalue weighted by atomic mass is 9.73. The van der Waals surface area contributed by atoms with Gasteiger partial charge in [0.2, 0.25) is 0 Å². The number of piperidine rings is 1. The summed E-state index contributed by atoms with van der Waals surface area (Å²) in [4.78, 5) is 11.5. The third-order valence-electron chi connectivity index (χ3n) is 3.13. The third-order valence-corrected chi connectivity index (χ3v) is 3.13. The minimum atomic E-state index is -0.279. The molecule has 1 aliphatic heterocycles. The predicted molar refractivity (Wildman–Crippen MR) is 65.2 cm³/mol. The Kier molecular flexibility index (Phi) is 3.48. The fourth-order valence-electron chi connectivity index (χ4n) is 2.87. The molecule has 1 aliphatic rings. The zero-order valence-electron chi connectivity index (χ0n) is 11.0. The van der Waals surface area contributed by atoms with Crippen LogP contribution in [0, 0.1) is 5.92 Å². The van der Waals surface area contributed by atoms with Crippen molar-refractivity contribution in [3.63, 3.8) is 0 Å². The maximum Gasteiger partial charge on any atom is 0.333 e. The van der Waals surface area contributed by atoms with E-state index in [1.54, 1.807) is 0 Å². The van der Waals surface area contributed by atoms with Gasteiger partial charge in [0.05, 0.1) is 7.11 Å². The number of carbonyl (C=O) groups is 1. The van der Waals surface area contributed by atoms with E-state index in [0.29, 0.717) is 5.57 Å². The van der Waals surface area contributed by atoms with Crippen LogP contribution in [-0.4, -0.2) is 24.2 Å². The Morgan fingerprint density at radius 2 is 1.69 bits per heavy atom. The maximum atomic E-state index is 11.5. The van der Waals surface area contributed by atoms with E-state index in [2.05, 4.69) is 39.6 Å². The minimum absolute atomic E-state index is 0.0311. The van der Waals surface area contributed by atoms with Crippen molar-refractivity contribution in [2.24, 2.45) is 5.92 Å². The summed E-state index contributed by atoms with van der Waals surface area (Å²) < 4.78 is 4.74. The zero-order valence-corrected chi connectivity index (χ0v) is 11.0. The summed E-state index contributed by atoms with van der Waals surface area (Å²) in [5.41, 5.74) is 0.664. The molecule has 92 valence electrons. The van der Waals surface area contributed by atoms with E-state index in [1.807, 2.05) is 0 Å². The van der Waals surface area contributed by atoms with Gasteiger partial charge in [-0.1, -0.05) is 6.58 Å². The second-order valence-electron chi connectivity index (χ2n) is 6.01. The van der Waals surface area contributed by atoms with E-state index in [-0.39, 0.29) is 23.0 Å². The van der Waals surface area contributed by atoms with E-state index < -0.39 is 0 Å². The highest BCUT2D eigenvalue weighted by Gasteiger charge is 2.39. The van der Waals surface area contributed by atoms with Gasteiger partial charge in [0.25, 0.3) is 0 Å². The molecule has 3 heteroatoms. The van der Waals surface area contributed by atoms with Gasteiger partial charge in [-0.05, 0) is 46.5 Å². The molecule has 0 unspecified atom stereocenters. The Morgan fingerprint density at radius 3 is 2.06 bits per heavy atom. The molecule has 1 heterocycles. The van der Waals surface area contributed by atoms with E-state index in [9.17, 15) is 4.79 Å². The summed E-state index contributed by atoms with van der Waals surface area (Å²) in [6.45, 7) is 12.5. The first-order valence-corrected chi connectivity index (χ1v) is 5.73. The fraction of sp³-hybridized carbons (Fsp3) is 0.769. The van der Waals surface area contributed by atoms with Crippen LogP contribution in [0.5, 0.6) is 0 Å². The predicted octanol–water partition coefficient (Wildman–Crippen LogP) is 2.27. The molecule has 0 atom stereocenters. The van der Waals surface area contributed by atoms with Crippen LogP contribution in [0.1, 0.15) is 40.5 Å². The van der Waals surface area contributed by atoms with Crippen LogP contribution in [0.4, 0.5) is 0 Å². The summed E-state index contributed by atoms with van der Waals surface area (Å²) in [5.74, 6) is -0.0720. The number of nitrogens with one attached hydrogen (secondary N) is 1. The van der Waals surface area contributed by atoms with Crippen LogP contribution in [0.2, 0.25) is 0 Å². The lowest BCUT2D eigenvalue weighted by Gasteiger charge is -2.46. The first-order valence-electron chi connectivity index (χ1n) is 5.73. The van der Waals surface area contributed by atoms with Crippen LogP contribution in [0.15, 0.2) is 12.2 Å². The molecule has 16 heavy (non-hydrogen) atoms. The second kappa shape index (κ2) is 4.21. The molecule has 0 saturated carbocycles. The highest BCUT2D eigenvalue weighted by Crippen LogP contribution is 2.36. The Hall–Kier alpha value is -0.830. The van der Waals surface area contributed by atoms with Crippen molar-refractivity contribution in [1.29, 1.82) is 0 Å². The normalized spacial score (nSPS) is 23.8. The van der Waals surface area contributed by atoms with Crippen LogP contribution in [-0.2, 0) is 9.53 Å². The van der Waals surface area contributed by atoms with Crippen molar-refractivity contribution in [1.82, 2.24) is 5.32 Å². The Bertz CT molecular complexity index is 289. The Balaban J connectivity index is 2.82. The van der Waals surface area contributed by atoms with Gasteiger partial charge in [0.15, 0.2) is 0 Å². The number of carbonyl (C=O) groups excluding carboxylic acids is 1. The van der Waals surface area contributed by atoms with Crippen molar-refractivity contribution < 1.29 is 9.53 Å². The topological polar surface area (TPSA) is 38.3 Å². The van der Waals surface area contributed by atoms with E-state index in [1.165, 1.54) is 7.11 Å². The van der Waals surface area contributed by atoms with Crippen molar-refractivity contribution in [3.05, 3.63) is 12.2 Å². The van der Waals surface area contributed by atoms with Gasteiger partial charge in [-0.2, -0.15) is 0 Å². The average molecular weight is 225 g/mol. The zero-order chi connectivity index (χ0) is 12.6. The van der Waals surface area contributed by atoms with Crippen molar-refractivity contribution in [2.45, 2.75) is 51.6 Å². The summed E-state index contributed by atoms with van der Waals surface area (Å²) in [6, 6.07) is 0. The molecule has 1 N–H and O–H groups in total. The number of esters is 1. The molecule has 0 radical (unpaired) electrons. The first-order chi connectivity index (χ1) is 7.17. The molecule has 0 spiro atoms. The fourth-order valence-corrected chi connectivity index (χ4v) is 2.87.